The molecule has 0 saturated carbocycles. The largest absolute Gasteiger partial charge is 0.483 e. The molecule has 24 heavy (non-hydrogen) atoms. The lowest BCUT2D eigenvalue weighted by Crippen LogP contribution is -2.20. The van der Waals surface area contributed by atoms with E-state index < -0.39 is 4.92 Å². The molecule has 0 aliphatic carbocycles. The Morgan fingerprint density at radius 1 is 1.29 bits per heavy atom. The quantitative estimate of drug-likeness (QED) is 0.588. The maximum Gasteiger partial charge on any atom is 0.274 e. The Balaban J connectivity index is 2.02. The summed E-state index contributed by atoms with van der Waals surface area (Å²) in [6.45, 7) is 3.48. The molecule has 0 saturated heterocycles. The molecule has 1 N–H and O–H groups in total. The second-order valence-corrected chi connectivity index (χ2v) is 6.12. The van der Waals surface area contributed by atoms with Gasteiger partial charge in [-0.1, -0.05) is 28.9 Å². The summed E-state index contributed by atoms with van der Waals surface area (Å²) in [6.07, 6.45) is 0.778. The first kappa shape index (κ1) is 17.9. The van der Waals surface area contributed by atoms with Crippen LogP contribution < -0.4 is 10.1 Å². The van der Waals surface area contributed by atoms with Crippen molar-refractivity contribution < 1.29 is 14.5 Å². The van der Waals surface area contributed by atoms with Crippen molar-refractivity contribution in [2.24, 2.45) is 0 Å². The minimum atomic E-state index is -0.475. The van der Waals surface area contributed by atoms with Crippen molar-refractivity contribution in [3.05, 3.63) is 62.1 Å². The van der Waals surface area contributed by atoms with E-state index in [9.17, 15) is 14.9 Å². The SMILES string of the molecule is CCc1cc(Br)ccc1OCC(=O)Nc1ccc(C)c([N+](=O)[O-])c1. The average molecular weight is 393 g/mol. The number of benzene rings is 2. The molecular weight excluding hydrogens is 376 g/mol. The standard InChI is InChI=1S/C17H17BrN2O4/c1-3-12-8-13(18)5-7-16(12)24-10-17(21)19-14-6-4-11(2)15(9-14)20(22)23/h4-9H,3,10H2,1-2H3,(H,19,21). The van der Waals surface area contributed by atoms with Crippen LogP contribution in [0.3, 0.4) is 0 Å². The van der Waals surface area contributed by atoms with Gasteiger partial charge in [0.15, 0.2) is 6.61 Å². The lowest BCUT2D eigenvalue weighted by atomic mass is 10.1. The molecule has 0 radical (unpaired) electrons. The molecule has 2 rings (SSSR count). The molecule has 0 spiro atoms. The second kappa shape index (κ2) is 7.92. The number of nitro groups is 1. The summed E-state index contributed by atoms with van der Waals surface area (Å²) in [5.41, 5.74) is 1.86. The zero-order valence-corrected chi connectivity index (χ0v) is 14.9. The number of nitro benzene ring substituents is 1. The Morgan fingerprint density at radius 3 is 2.71 bits per heavy atom. The van der Waals surface area contributed by atoms with Crippen LogP contribution in [0.15, 0.2) is 40.9 Å². The van der Waals surface area contributed by atoms with E-state index in [0.29, 0.717) is 17.0 Å². The molecule has 0 unspecified atom stereocenters. The number of nitrogens with zero attached hydrogens (tertiary/aromatic N) is 1. The molecule has 2 aromatic rings. The summed E-state index contributed by atoms with van der Waals surface area (Å²) in [5.74, 6) is 0.267. The van der Waals surface area contributed by atoms with Crippen LogP contribution in [-0.2, 0) is 11.2 Å². The number of rotatable bonds is 6. The van der Waals surface area contributed by atoms with Gasteiger partial charge in [-0.15, -0.1) is 0 Å². The molecule has 6 nitrogen and oxygen atoms in total. The van der Waals surface area contributed by atoms with Gasteiger partial charge in [0.2, 0.25) is 0 Å². The maximum absolute atomic E-state index is 12.0. The Bertz CT molecular complexity index is 777. The highest BCUT2D eigenvalue weighted by atomic mass is 79.9. The normalized spacial score (nSPS) is 10.3. The van der Waals surface area contributed by atoms with Gasteiger partial charge >= 0.3 is 0 Å². The number of carbonyl (C=O) groups excluding carboxylic acids is 1. The lowest BCUT2D eigenvalue weighted by molar-refractivity contribution is -0.385. The van der Waals surface area contributed by atoms with Gasteiger partial charge in [-0.25, -0.2) is 0 Å². The molecule has 7 heteroatoms. The zero-order valence-electron chi connectivity index (χ0n) is 13.3. The Kier molecular flexibility index (Phi) is 5.92. The molecule has 0 aliphatic heterocycles. The topological polar surface area (TPSA) is 81.5 Å². The lowest BCUT2D eigenvalue weighted by Gasteiger charge is -2.11. The highest BCUT2D eigenvalue weighted by molar-refractivity contribution is 9.10. The number of hydrogen-bond acceptors (Lipinski definition) is 4. The average Bonchev–Trinajstić information content (AvgIpc) is 2.55. The fourth-order valence-corrected chi connectivity index (χ4v) is 2.60. The third-order valence-electron chi connectivity index (χ3n) is 3.45. The Hall–Kier alpha value is -2.41. The van der Waals surface area contributed by atoms with Crippen molar-refractivity contribution in [1.82, 2.24) is 0 Å². The summed E-state index contributed by atoms with van der Waals surface area (Å²) in [7, 11) is 0. The van der Waals surface area contributed by atoms with Crippen molar-refractivity contribution in [1.29, 1.82) is 0 Å². The smallest absolute Gasteiger partial charge is 0.274 e. The molecule has 0 heterocycles. The predicted octanol–water partition coefficient (Wildman–Crippen LogP) is 4.25. The third-order valence-corrected chi connectivity index (χ3v) is 3.95. The molecule has 0 bridgehead atoms. The van der Waals surface area contributed by atoms with E-state index in [1.807, 2.05) is 19.1 Å². The first-order valence-corrected chi connectivity index (χ1v) is 8.16. The first-order chi connectivity index (χ1) is 11.4. The first-order valence-electron chi connectivity index (χ1n) is 7.36. The molecule has 126 valence electrons. The number of halogens is 1. The summed E-state index contributed by atoms with van der Waals surface area (Å²) in [6, 6.07) is 10.1. The zero-order chi connectivity index (χ0) is 17.7. The second-order valence-electron chi connectivity index (χ2n) is 5.20. The summed E-state index contributed by atoms with van der Waals surface area (Å²) >= 11 is 3.40. The van der Waals surface area contributed by atoms with Crippen LogP contribution in [0, 0.1) is 17.0 Å². The molecule has 2 aromatic carbocycles. The highest BCUT2D eigenvalue weighted by Crippen LogP contribution is 2.24. The van der Waals surface area contributed by atoms with Crippen LogP contribution in [-0.4, -0.2) is 17.4 Å². The Labute approximate surface area is 148 Å². The van der Waals surface area contributed by atoms with Gasteiger partial charge < -0.3 is 10.1 Å². The van der Waals surface area contributed by atoms with Crippen LogP contribution >= 0.6 is 15.9 Å². The van der Waals surface area contributed by atoms with E-state index in [1.54, 1.807) is 25.1 Å². The highest BCUT2D eigenvalue weighted by Gasteiger charge is 2.13. The van der Waals surface area contributed by atoms with Crippen molar-refractivity contribution >= 4 is 33.2 Å². The maximum atomic E-state index is 12.0. The fourth-order valence-electron chi connectivity index (χ4n) is 2.19. The van der Waals surface area contributed by atoms with Gasteiger partial charge in [0.1, 0.15) is 5.75 Å². The number of carbonyl (C=O) groups is 1. The van der Waals surface area contributed by atoms with Crippen molar-refractivity contribution in [2.45, 2.75) is 20.3 Å². The van der Waals surface area contributed by atoms with Crippen LogP contribution in [0.5, 0.6) is 5.75 Å². The van der Waals surface area contributed by atoms with Crippen LogP contribution in [0.2, 0.25) is 0 Å². The molecule has 0 atom stereocenters. The Morgan fingerprint density at radius 2 is 2.04 bits per heavy atom. The van der Waals surface area contributed by atoms with Crippen molar-refractivity contribution in [2.75, 3.05) is 11.9 Å². The van der Waals surface area contributed by atoms with E-state index in [4.69, 9.17) is 4.74 Å². The van der Waals surface area contributed by atoms with E-state index in [1.165, 1.54) is 6.07 Å². The van der Waals surface area contributed by atoms with Gasteiger partial charge in [-0.05, 0) is 43.2 Å². The minimum absolute atomic E-state index is 0.0325. The molecule has 0 fully saturated rings. The summed E-state index contributed by atoms with van der Waals surface area (Å²) in [5, 5.41) is 13.5. The van der Waals surface area contributed by atoms with Crippen LogP contribution in [0.1, 0.15) is 18.1 Å². The predicted molar refractivity (Wildman–Crippen MR) is 95.5 cm³/mol. The molecular formula is C17H17BrN2O4. The third kappa shape index (κ3) is 4.55. The van der Waals surface area contributed by atoms with Gasteiger partial charge in [-0.3, -0.25) is 14.9 Å². The van der Waals surface area contributed by atoms with Crippen LogP contribution in [0.25, 0.3) is 0 Å². The van der Waals surface area contributed by atoms with E-state index in [2.05, 4.69) is 21.2 Å². The van der Waals surface area contributed by atoms with Crippen LogP contribution in [0.4, 0.5) is 11.4 Å². The number of ether oxygens (including phenoxy) is 1. The number of nitrogens with one attached hydrogen (secondary N) is 1. The number of amides is 1. The van der Waals surface area contributed by atoms with Gasteiger partial charge in [0.25, 0.3) is 11.6 Å². The van der Waals surface area contributed by atoms with Gasteiger partial charge in [0, 0.05) is 21.8 Å². The number of hydrogen-bond donors (Lipinski definition) is 1. The summed E-state index contributed by atoms with van der Waals surface area (Å²) < 4.78 is 6.50. The van der Waals surface area contributed by atoms with Crippen molar-refractivity contribution in [3.8, 4) is 5.75 Å². The molecule has 0 aromatic heterocycles. The fraction of sp³-hybridized carbons (Fsp3) is 0.235. The van der Waals surface area contributed by atoms with Gasteiger partial charge in [0.05, 0.1) is 4.92 Å². The van der Waals surface area contributed by atoms with E-state index in [0.717, 1.165) is 16.5 Å². The van der Waals surface area contributed by atoms with E-state index >= 15 is 0 Å². The van der Waals surface area contributed by atoms with Gasteiger partial charge in [-0.2, -0.15) is 0 Å². The monoisotopic (exact) mass is 392 g/mol. The van der Waals surface area contributed by atoms with E-state index in [-0.39, 0.29) is 18.2 Å². The number of aryl methyl sites for hydroxylation is 2. The van der Waals surface area contributed by atoms with Crippen molar-refractivity contribution in [3.63, 3.8) is 0 Å². The number of anilines is 1. The minimum Gasteiger partial charge on any atom is -0.483 e. The molecule has 0 aliphatic rings. The molecule has 1 amide bonds. The summed E-state index contributed by atoms with van der Waals surface area (Å²) in [4.78, 5) is 22.5.